The van der Waals surface area contributed by atoms with Crippen molar-refractivity contribution in [3.63, 3.8) is 0 Å². The SMILES string of the molecule is O=C1/C(=C\c2cn(-c3ccccc3)nc2-c2ccc(OCc3ccccc3Cl)cc2)SC(=S)N1C1CCS(=O)(=O)C1. The fourth-order valence-corrected chi connectivity index (χ4v) is 8.11. The summed E-state index contributed by atoms with van der Waals surface area (Å²) < 4.78 is 32.2. The Labute approximate surface area is 252 Å². The van der Waals surface area contributed by atoms with Gasteiger partial charge in [-0.2, -0.15) is 5.10 Å². The summed E-state index contributed by atoms with van der Waals surface area (Å²) in [6.45, 7) is 0.344. The zero-order chi connectivity index (χ0) is 28.6. The number of ether oxygens (including phenoxy) is 1. The first-order valence-corrected chi connectivity index (χ1v) is 16.3. The third kappa shape index (κ3) is 5.97. The molecule has 7 nitrogen and oxygen atoms in total. The molecule has 1 unspecified atom stereocenters. The van der Waals surface area contributed by atoms with E-state index in [1.165, 1.54) is 16.7 Å². The number of amides is 1. The standard InChI is InChI=1S/C30H24ClN3O4S3/c31-26-9-5-4-6-21(26)18-38-25-12-10-20(11-13-25)28-22(17-33(32-28)23-7-2-1-3-8-23)16-27-29(35)34(30(39)40-27)24-14-15-41(36,37)19-24/h1-13,16-17,24H,14-15,18-19H2/b27-16+. The third-order valence-electron chi connectivity index (χ3n) is 6.93. The van der Waals surface area contributed by atoms with Crippen LogP contribution in [0.25, 0.3) is 23.0 Å². The Morgan fingerprint density at radius 1 is 1.05 bits per heavy atom. The van der Waals surface area contributed by atoms with Crippen LogP contribution in [0.2, 0.25) is 5.02 Å². The van der Waals surface area contributed by atoms with Gasteiger partial charge in [0.25, 0.3) is 5.91 Å². The molecule has 0 saturated carbocycles. The van der Waals surface area contributed by atoms with Crippen molar-refractivity contribution in [3.8, 4) is 22.7 Å². The fraction of sp³-hybridized carbons (Fsp3) is 0.167. The zero-order valence-electron chi connectivity index (χ0n) is 21.6. The molecule has 3 heterocycles. The van der Waals surface area contributed by atoms with Crippen LogP contribution in [0.15, 0.2) is 90.0 Å². The lowest BCUT2D eigenvalue weighted by Gasteiger charge is -2.20. The lowest BCUT2D eigenvalue weighted by atomic mass is 10.1. The predicted octanol–water partition coefficient (Wildman–Crippen LogP) is 6.16. The second-order valence-electron chi connectivity index (χ2n) is 9.73. The van der Waals surface area contributed by atoms with Gasteiger partial charge in [0.05, 0.1) is 33.8 Å². The number of hydrogen-bond acceptors (Lipinski definition) is 7. The van der Waals surface area contributed by atoms with Crippen molar-refractivity contribution < 1.29 is 17.9 Å². The van der Waals surface area contributed by atoms with Crippen molar-refractivity contribution in [1.29, 1.82) is 0 Å². The van der Waals surface area contributed by atoms with E-state index < -0.39 is 15.9 Å². The largest absolute Gasteiger partial charge is 0.489 e. The molecule has 2 aliphatic rings. The van der Waals surface area contributed by atoms with Gasteiger partial charge in [0.2, 0.25) is 0 Å². The Morgan fingerprint density at radius 3 is 2.49 bits per heavy atom. The van der Waals surface area contributed by atoms with E-state index in [2.05, 4.69) is 0 Å². The Kier molecular flexibility index (Phi) is 7.74. The summed E-state index contributed by atoms with van der Waals surface area (Å²) in [4.78, 5) is 15.3. The smallest absolute Gasteiger partial charge is 0.266 e. The summed E-state index contributed by atoms with van der Waals surface area (Å²) in [6, 6.07) is 24.4. The quantitative estimate of drug-likeness (QED) is 0.181. The summed E-state index contributed by atoms with van der Waals surface area (Å²) in [5.41, 5.74) is 4.03. The number of halogens is 1. The number of carbonyl (C=O) groups is 1. The molecule has 0 radical (unpaired) electrons. The van der Waals surface area contributed by atoms with E-state index in [1.54, 1.807) is 10.8 Å². The van der Waals surface area contributed by atoms with Crippen molar-refractivity contribution in [2.75, 3.05) is 11.5 Å². The molecule has 0 spiro atoms. The number of thioether (sulfide) groups is 1. The van der Waals surface area contributed by atoms with Gasteiger partial charge in [-0.15, -0.1) is 0 Å². The van der Waals surface area contributed by atoms with Crippen LogP contribution in [0.4, 0.5) is 0 Å². The Morgan fingerprint density at radius 2 is 1.78 bits per heavy atom. The summed E-state index contributed by atoms with van der Waals surface area (Å²) in [5, 5.41) is 5.51. The van der Waals surface area contributed by atoms with Gasteiger partial charge in [0, 0.05) is 27.9 Å². The topological polar surface area (TPSA) is 81.5 Å². The summed E-state index contributed by atoms with van der Waals surface area (Å²) in [6.07, 6.45) is 4.05. The predicted molar refractivity (Wildman–Crippen MR) is 167 cm³/mol. The average Bonchev–Trinajstić information content (AvgIpc) is 3.63. The van der Waals surface area contributed by atoms with Crippen LogP contribution in [-0.2, 0) is 21.2 Å². The van der Waals surface area contributed by atoms with Crippen LogP contribution < -0.4 is 4.74 Å². The number of rotatable bonds is 7. The number of sulfone groups is 1. The molecular weight excluding hydrogens is 598 g/mol. The highest BCUT2D eigenvalue weighted by atomic mass is 35.5. The van der Waals surface area contributed by atoms with Gasteiger partial charge in [-0.25, -0.2) is 13.1 Å². The molecule has 2 aliphatic heterocycles. The number of para-hydroxylation sites is 1. The van der Waals surface area contributed by atoms with Crippen LogP contribution in [0.1, 0.15) is 17.5 Å². The van der Waals surface area contributed by atoms with Gasteiger partial charge in [-0.3, -0.25) is 9.69 Å². The van der Waals surface area contributed by atoms with E-state index in [0.717, 1.165) is 22.4 Å². The Balaban J connectivity index is 1.30. The maximum Gasteiger partial charge on any atom is 0.266 e. The van der Waals surface area contributed by atoms with Crippen molar-refractivity contribution >= 4 is 61.7 Å². The number of aromatic nitrogens is 2. The van der Waals surface area contributed by atoms with Crippen LogP contribution in [0, 0.1) is 0 Å². The third-order valence-corrected chi connectivity index (χ3v) is 10.4. The first kappa shape index (κ1) is 27.7. The second-order valence-corrected chi connectivity index (χ2v) is 14.0. The molecule has 1 amide bonds. The number of nitrogens with zero attached hydrogens (tertiary/aromatic N) is 3. The molecule has 6 rings (SSSR count). The monoisotopic (exact) mass is 621 g/mol. The van der Waals surface area contributed by atoms with Gasteiger partial charge in [-0.1, -0.05) is 72.0 Å². The van der Waals surface area contributed by atoms with Crippen LogP contribution in [0.3, 0.4) is 0 Å². The van der Waals surface area contributed by atoms with Crippen LogP contribution >= 0.6 is 35.6 Å². The molecule has 0 bridgehead atoms. The molecule has 3 aromatic carbocycles. The summed E-state index contributed by atoms with van der Waals surface area (Å²) >= 11 is 12.9. The Hall–Kier alpha value is -3.44. The number of hydrogen-bond donors (Lipinski definition) is 0. The van der Waals surface area contributed by atoms with E-state index in [9.17, 15) is 13.2 Å². The molecule has 2 saturated heterocycles. The molecule has 0 N–H and O–H groups in total. The van der Waals surface area contributed by atoms with Crippen molar-refractivity contribution in [2.45, 2.75) is 19.1 Å². The van der Waals surface area contributed by atoms with Crippen LogP contribution in [-0.4, -0.2) is 50.9 Å². The number of benzene rings is 3. The van der Waals surface area contributed by atoms with Crippen molar-refractivity contribution in [3.05, 3.63) is 106 Å². The maximum atomic E-state index is 13.4. The fourth-order valence-electron chi connectivity index (χ4n) is 4.83. The normalized spacial score (nSPS) is 19.3. The van der Waals surface area contributed by atoms with E-state index in [1.807, 2.05) is 85.1 Å². The molecule has 41 heavy (non-hydrogen) atoms. The minimum absolute atomic E-state index is 0.0607. The second kappa shape index (κ2) is 11.4. The van der Waals surface area contributed by atoms with E-state index >= 15 is 0 Å². The average molecular weight is 622 g/mol. The zero-order valence-corrected chi connectivity index (χ0v) is 24.8. The minimum Gasteiger partial charge on any atom is -0.489 e. The molecule has 1 aromatic heterocycles. The van der Waals surface area contributed by atoms with E-state index in [0.29, 0.717) is 38.7 Å². The molecular formula is C30H24ClN3O4S3. The number of thiocarbonyl (C=S) groups is 1. The molecule has 208 valence electrons. The highest BCUT2D eigenvalue weighted by Gasteiger charge is 2.42. The summed E-state index contributed by atoms with van der Waals surface area (Å²) in [7, 11) is -3.16. The first-order chi connectivity index (χ1) is 19.8. The van der Waals surface area contributed by atoms with E-state index in [-0.39, 0.29) is 17.4 Å². The number of carbonyl (C=O) groups excluding carboxylic acids is 1. The first-order valence-electron chi connectivity index (χ1n) is 12.9. The van der Waals surface area contributed by atoms with Crippen LogP contribution in [0.5, 0.6) is 5.75 Å². The van der Waals surface area contributed by atoms with Gasteiger partial charge < -0.3 is 4.74 Å². The molecule has 1 atom stereocenters. The Bertz CT molecular complexity index is 1770. The highest BCUT2D eigenvalue weighted by Crippen LogP contribution is 2.38. The van der Waals surface area contributed by atoms with Gasteiger partial charge in [0.1, 0.15) is 16.7 Å². The van der Waals surface area contributed by atoms with E-state index in [4.69, 9.17) is 33.7 Å². The minimum atomic E-state index is -3.16. The molecule has 0 aliphatic carbocycles. The molecule has 2 fully saturated rings. The summed E-state index contributed by atoms with van der Waals surface area (Å²) in [5.74, 6) is 0.420. The highest BCUT2D eigenvalue weighted by molar-refractivity contribution is 8.26. The van der Waals surface area contributed by atoms with Gasteiger partial charge in [-0.05, 0) is 55.0 Å². The maximum absolute atomic E-state index is 13.4. The van der Waals surface area contributed by atoms with Gasteiger partial charge in [0.15, 0.2) is 9.84 Å². The lowest BCUT2D eigenvalue weighted by Crippen LogP contribution is -2.39. The van der Waals surface area contributed by atoms with Crippen molar-refractivity contribution in [1.82, 2.24) is 14.7 Å². The lowest BCUT2D eigenvalue weighted by molar-refractivity contribution is -0.123. The van der Waals surface area contributed by atoms with Gasteiger partial charge >= 0.3 is 0 Å². The molecule has 11 heteroatoms. The van der Waals surface area contributed by atoms with Crippen molar-refractivity contribution in [2.24, 2.45) is 0 Å². The molecule has 4 aromatic rings.